The Labute approximate surface area is 152 Å². The molecule has 2 bridgehead atoms. The van der Waals surface area contributed by atoms with Crippen LogP contribution in [0.4, 0.5) is 0 Å². The van der Waals surface area contributed by atoms with Crippen molar-refractivity contribution in [3.8, 4) is 12.3 Å². The number of terminal acetylenes is 1. The molecule has 3 heterocycles. The minimum atomic E-state index is -1.11. The summed E-state index contributed by atoms with van der Waals surface area (Å²) in [5.74, 6) is 0.332. The van der Waals surface area contributed by atoms with E-state index in [9.17, 15) is 14.4 Å². The Balaban J connectivity index is 1.69. The second kappa shape index (κ2) is 6.13. The first-order valence-corrected chi connectivity index (χ1v) is 9.16. The van der Waals surface area contributed by atoms with Crippen LogP contribution in [-0.4, -0.2) is 60.0 Å². The Bertz CT molecular complexity index is 721. The van der Waals surface area contributed by atoms with Crippen LogP contribution in [0.25, 0.3) is 0 Å². The molecule has 0 aromatic heterocycles. The molecular weight excluding hydrogens is 334 g/mol. The van der Waals surface area contributed by atoms with E-state index in [2.05, 4.69) is 16.6 Å². The Kier molecular flexibility index (Phi) is 4.03. The fourth-order valence-electron chi connectivity index (χ4n) is 5.05. The van der Waals surface area contributed by atoms with Crippen LogP contribution in [0.5, 0.6) is 0 Å². The number of likely N-dealkylation sites (tertiary alicyclic amines) is 1. The molecule has 5 atom stereocenters. The van der Waals surface area contributed by atoms with Gasteiger partial charge in [-0.05, 0) is 12.8 Å². The lowest BCUT2D eigenvalue weighted by Crippen LogP contribution is -2.56. The highest BCUT2D eigenvalue weighted by molar-refractivity contribution is 6.00. The number of nitrogens with zero attached hydrogens (tertiary/aromatic N) is 1. The third-order valence-corrected chi connectivity index (χ3v) is 6.13. The number of ether oxygens (including phenoxy) is 1. The van der Waals surface area contributed by atoms with E-state index < -0.39 is 29.6 Å². The molecule has 7 nitrogen and oxygen atoms in total. The largest absolute Gasteiger partial charge is 0.359 e. The first-order chi connectivity index (χ1) is 12.5. The molecule has 4 rings (SSSR count). The predicted molar refractivity (Wildman–Crippen MR) is 92.5 cm³/mol. The summed E-state index contributed by atoms with van der Waals surface area (Å²) in [6.07, 6.45) is 12.6. The van der Waals surface area contributed by atoms with Crippen molar-refractivity contribution in [1.29, 1.82) is 0 Å². The van der Waals surface area contributed by atoms with Gasteiger partial charge in [-0.3, -0.25) is 14.4 Å². The van der Waals surface area contributed by atoms with Gasteiger partial charge in [-0.1, -0.05) is 30.9 Å². The lowest BCUT2D eigenvalue weighted by molar-refractivity contribution is -0.141. The van der Waals surface area contributed by atoms with Crippen molar-refractivity contribution in [2.75, 3.05) is 13.6 Å². The van der Waals surface area contributed by atoms with E-state index in [0.29, 0.717) is 0 Å². The molecule has 1 spiro atoms. The topological polar surface area (TPSA) is 87.7 Å². The maximum atomic E-state index is 13.1. The van der Waals surface area contributed by atoms with Gasteiger partial charge < -0.3 is 20.3 Å². The van der Waals surface area contributed by atoms with Gasteiger partial charge in [0.15, 0.2) is 0 Å². The summed E-state index contributed by atoms with van der Waals surface area (Å²) in [4.78, 5) is 40.0. The Morgan fingerprint density at radius 3 is 2.77 bits per heavy atom. The molecule has 3 aliphatic heterocycles. The zero-order valence-electron chi connectivity index (χ0n) is 14.7. The zero-order valence-corrected chi connectivity index (χ0v) is 14.7. The second-order valence-corrected chi connectivity index (χ2v) is 7.48. The summed E-state index contributed by atoms with van der Waals surface area (Å²) >= 11 is 0. The molecule has 0 aromatic rings. The normalized spacial score (nSPS) is 37.7. The van der Waals surface area contributed by atoms with Crippen LogP contribution >= 0.6 is 0 Å². The monoisotopic (exact) mass is 357 g/mol. The summed E-state index contributed by atoms with van der Waals surface area (Å²) in [6, 6.07) is -0.717. The molecule has 3 amide bonds. The quantitative estimate of drug-likeness (QED) is 0.528. The second-order valence-electron chi connectivity index (χ2n) is 7.48. The van der Waals surface area contributed by atoms with E-state index in [4.69, 9.17) is 11.2 Å². The Hall–Kier alpha value is -2.33. The maximum Gasteiger partial charge on any atom is 0.246 e. The van der Waals surface area contributed by atoms with Gasteiger partial charge in [-0.2, -0.15) is 0 Å². The van der Waals surface area contributed by atoms with Crippen molar-refractivity contribution in [3.05, 3.63) is 12.2 Å². The minimum Gasteiger partial charge on any atom is -0.359 e. The van der Waals surface area contributed by atoms with Gasteiger partial charge in [0.05, 0.1) is 24.5 Å². The lowest BCUT2D eigenvalue weighted by Gasteiger charge is -2.32. The summed E-state index contributed by atoms with van der Waals surface area (Å²) in [5.41, 5.74) is -1.11. The number of nitrogens with one attached hydrogen (secondary N) is 2. The summed E-state index contributed by atoms with van der Waals surface area (Å²) in [6.45, 7) is 0.0160. The molecular formula is C19H23N3O4. The van der Waals surface area contributed by atoms with Crippen LogP contribution in [0.2, 0.25) is 0 Å². The first-order valence-electron chi connectivity index (χ1n) is 9.16. The van der Waals surface area contributed by atoms with E-state index in [1.807, 2.05) is 0 Å². The third kappa shape index (κ3) is 2.21. The molecule has 0 aromatic carbocycles. The van der Waals surface area contributed by atoms with Gasteiger partial charge in [0.2, 0.25) is 17.7 Å². The van der Waals surface area contributed by atoms with Crippen molar-refractivity contribution in [2.45, 2.75) is 49.5 Å². The van der Waals surface area contributed by atoms with Crippen molar-refractivity contribution in [3.63, 3.8) is 0 Å². The fourth-order valence-corrected chi connectivity index (χ4v) is 5.05. The number of hydrogen-bond acceptors (Lipinski definition) is 4. The van der Waals surface area contributed by atoms with Crippen molar-refractivity contribution < 1.29 is 19.1 Å². The highest BCUT2D eigenvalue weighted by atomic mass is 16.5. The van der Waals surface area contributed by atoms with Crippen LogP contribution in [-0.2, 0) is 19.1 Å². The van der Waals surface area contributed by atoms with Crippen molar-refractivity contribution >= 4 is 17.7 Å². The standard InChI is InChI=1S/C19H23N3O4/c1-3-10-22-15(17(24)21-11-6-4-5-7-11)19-9-8-12(26-19)13(16(23)20-2)14(19)18(22)25/h1,8-9,11-15H,4-7,10H2,2H3,(H,20,23)(H,21,24)/t12-,13-,14+,15-,19+/m1/s1. The molecule has 2 N–H and O–H groups in total. The third-order valence-electron chi connectivity index (χ3n) is 6.13. The highest BCUT2D eigenvalue weighted by Gasteiger charge is 2.72. The number of rotatable bonds is 4. The molecule has 7 heteroatoms. The Morgan fingerprint density at radius 1 is 1.38 bits per heavy atom. The lowest BCUT2D eigenvalue weighted by atomic mass is 9.74. The average molecular weight is 357 g/mol. The molecule has 0 radical (unpaired) electrons. The smallest absolute Gasteiger partial charge is 0.246 e. The number of fused-ring (bicyclic) bond motifs is 1. The zero-order chi connectivity index (χ0) is 18.5. The van der Waals surface area contributed by atoms with Crippen molar-refractivity contribution in [2.24, 2.45) is 11.8 Å². The van der Waals surface area contributed by atoms with Crippen LogP contribution in [0.3, 0.4) is 0 Å². The van der Waals surface area contributed by atoms with Gasteiger partial charge >= 0.3 is 0 Å². The summed E-state index contributed by atoms with van der Waals surface area (Å²) in [7, 11) is 1.54. The van der Waals surface area contributed by atoms with E-state index in [-0.39, 0.29) is 30.3 Å². The average Bonchev–Trinajstić information content (AvgIpc) is 3.37. The number of hydrogen-bond donors (Lipinski definition) is 2. The van der Waals surface area contributed by atoms with Crippen LogP contribution < -0.4 is 10.6 Å². The molecule has 2 saturated heterocycles. The molecule has 1 saturated carbocycles. The molecule has 0 unspecified atom stereocenters. The molecule has 26 heavy (non-hydrogen) atoms. The molecule has 138 valence electrons. The summed E-state index contributed by atoms with van der Waals surface area (Å²) < 4.78 is 6.10. The van der Waals surface area contributed by atoms with Crippen LogP contribution in [0, 0.1) is 24.2 Å². The molecule has 1 aliphatic carbocycles. The minimum absolute atomic E-state index is 0.0160. The first kappa shape index (κ1) is 17.1. The van der Waals surface area contributed by atoms with E-state index >= 15 is 0 Å². The number of amides is 3. The highest BCUT2D eigenvalue weighted by Crippen LogP contribution is 2.54. The van der Waals surface area contributed by atoms with E-state index in [1.165, 1.54) is 11.9 Å². The van der Waals surface area contributed by atoms with Crippen LogP contribution in [0.1, 0.15) is 25.7 Å². The van der Waals surface area contributed by atoms with E-state index in [0.717, 1.165) is 25.7 Å². The van der Waals surface area contributed by atoms with E-state index in [1.54, 1.807) is 12.2 Å². The van der Waals surface area contributed by atoms with Gasteiger partial charge in [0, 0.05) is 13.1 Å². The number of carbonyl (C=O) groups is 3. The molecule has 4 aliphatic rings. The van der Waals surface area contributed by atoms with Gasteiger partial charge in [0.25, 0.3) is 0 Å². The van der Waals surface area contributed by atoms with Gasteiger partial charge in [-0.25, -0.2) is 0 Å². The van der Waals surface area contributed by atoms with Crippen molar-refractivity contribution in [1.82, 2.24) is 15.5 Å². The Morgan fingerprint density at radius 2 is 2.12 bits per heavy atom. The van der Waals surface area contributed by atoms with Gasteiger partial charge in [-0.15, -0.1) is 6.42 Å². The fraction of sp³-hybridized carbons (Fsp3) is 0.632. The summed E-state index contributed by atoms with van der Waals surface area (Å²) in [5, 5.41) is 5.67. The predicted octanol–water partition coefficient (Wildman–Crippen LogP) is -0.425. The molecule has 3 fully saturated rings. The number of carbonyl (C=O) groups excluding carboxylic acids is 3. The van der Waals surface area contributed by atoms with Gasteiger partial charge in [0.1, 0.15) is 11.6 Å². The maximum absolute atomic E-state index is 13.1. The van der Waals surface area contributed by atoms with Crippen LogP contribution in [0.15, 0.2) is 12.2 Å². The SMILES string of the molecule is C#CCN1C(=O)[C@@H]2[C@H](C(=O)NC)[C@H]3C=C[C@@]2(O3)[C@H]1C(=O)NC1CCCC1.